The molecule has 6 aromatic rings. The van der Waals surface area contributed by atoms with Gasteiger partial charge >= 0.3 is 7.40 Å². The van der Waals surface area contributed by atoms with Crippen molar-refractivity contribution in [2.45, 2.75) is 58.8 Å². The maximum Gasteiger partial charge on any atom is 0.678 e. The molecule has 8 rings (SSSR count). The fraction of sp³-hybridized carbons (Fsp3) is 0.220. The van der Waals surface area contributed by atoms with Crippen LogP contribution in [0.1, 0.15) is 86.2 Å². The second-order valence-corrected chi connectivity index (χ2v) is 16.6. The Balaban J connectivity index is 0.000000554. The van der Waals surface area contributed by atoms with Gasteiger partial charge in [0.05, 0.1) is 25.6 Å². The van der Waals surface area contributed by atoms with Gasteiger partial charge in [-0.1, -0.05) is 145 Å². The monoisotopic (exact) mass is 758 g/mol. The number of aromatic nitrogens is 1. The molecule has 2 heterocycles. The zero-order valence-corrected chi connectivity index (χ0v) is 34.0. The van der Waals surface area contributed by atoms with Crippen molar-refractivity contribution in [2.24, 2.45) is 4.99 Å². The Morgan fingerprint density at radius 2 is 1.12 bits per heavy atom. The lowest BCUT2D eigenvalue weighted by Crippen LogP contribution is -2.20. The Labute approximate surface area is 336 Å². The molecular formula is C50H49BF2N2O2. The Morgan fingerprint density at radius 3 is 1.67 bits per heavy atom. The molecule has 288 valence electrons. The smallest absolute Gasteiger partial charge is 0.497 e. The number of halogens is 2. The zero-order chi connectivity index (χ0) is 40.5. The van der Waals surface area contributed by atoms with Crippen LogP contribution in [-0.4, -0.2) is 31.8 Å². The molecular weight excluding hydrogens is 709 g/mol. The number of methoxy groups -OCH3 is 2. The van der Waals surface area contributed by atoms with E-state index in [0.717, 1.165) is 67.3 Å². The van der Waals surface area contributed by atoms with Crippen molar-refractivity contribution < 1.29 is 18.1 Å². The summed E-state index contributed by atoms with van der Waals surface area (Å²) in [4.78, 5) is 5.31. The minimum atomic E-state index is -2.76. The molecule has 0 saturated heterocycles. The van der Waals surface area contributed by atoms with E-state index in [1.54, 1.807) is 14.2 Å². The van der Waals surface area contributed by atoms with Gasteiger partial charge in [0.25, 0.3) is 0 Å². The molecule has 1 aliphatic heterocycles. The fourth-order valence-electron chi connectivity index (χ4n) is 7.50. The molecule has 0 spiro atoms. The highest BCUT2D eigenvalue weighted by Crippen LogP contribution is 2.47. The highest BCUT2D eigenvalue weighted by Gasteiger charge is 2.36. The quantitative estimate of drug-likeness (QED) is 0.158. The SMILES string of the molecule is COc1ccc(C2=CC(c3ccc(C(C)(C)C)cc3)=N/C2=C2/c3ccccc3Cc3cc(-c4ccc(C(C)(C)C)cc4)n(B(F)F)c32)cc1.COc1ccccc1. The normalized spacial score (nSPS) is 14.8. The van der Waals surface area contributed by atoms with Gasteiger partial charge in [0.1, 0.15) is 11.5 Å². The predicted octanol–water partition coefficient (Wildman–Crippen LogP) is 12.5. The van der Waals surface area contributed by atoms with E-state index in [1.165, 1.54) is 10.0 Å². The topological polar surface area (TPSA) is 35.8 Å². The van der Waals surface area contributed by atoms with Crippen molar-refractivity contribution in [1.29, 1.82) is 0 Å². The van der Waals surface area contributed by atoms with Crippen LogP contribution in [-0.2, 0) is 17.3 Å². The van der Waals surface area contributed by atoms with Crippen LogP contribution < -0.4 is 9.47 Å². The molecule has 0 fully saturated rings. The van der Waals surface area contributed by atoms with Gasteiger partial charge in [0.15, 0.2) is 0 Å². The number of ether oxygens (including phenoxy) is 2. The van der Waals surface area contributed by atoms with E-state index < -0.39 is 7.40 Å². The molecule has 0 saturated carbocycles. The number of nitrogens with zero attached hydrogens (tertiary/aromatic N) is 2. The van der Waals surface area contributed by atoms with Gasteiger partial charge in [-0.15, -0.1) is 0 Å². The molecule has 0 amide bonds. The summed E-state index contributed by atoms with van der Waals surface area (Å²) in [6.07, 6.45) is 2.65. The third-order valence-corrected chi connectivity index (χ3v) is 10.7. The van der Waals surface area contributed by atoms with Crippen LogP contribution in [0.4, 0.5) is 8.63 Å². The maximum absolute atomic E-state index is 15.5. The first kappa shape index (κ1) is 39.3. The van der Waals surface area contributed by atoms with Crippen LogP contribution in [0.2, 0.25) is 0 Å². The summed E-state index contributed by atoms with van der Waals surface area (Å²) in [7, 11) is 0.549. The lowest BCUT2D eigenvalue weighted by atomic mass is 9.83. The van der Waals surface area contributed by atoms with E-state index >= 15 is 8.63 Å². The van der Waals surface area contributed by atoms with Crippen LogP contribution in [0.5, 0.6) is 11.5 Å². The van der Waals surface area contributed by atoms with Crippen molar-refractivity contribution in [3.8, 4) is 22.8 Å². The summed E-state index contributed by atoms with van der Waals surface area (Å²) in [5.41, 5.74) is 12.0. The number of hydrogen-bond acceptors (Lipinski definition) is 3. The summed E-state index contributed by atoms with van der Waals surface area (Å²) in [6.45, 7) is 13.1. The first-order valence-electron chi connectivity index (χ1n) is 19.4. The van der Waals surface area contributed by atoms with Crippen LogP contribution in [0.15, 0.2) is 150 Å². The number of allylic oxidation sites excluding steroid dienone is 2. The van der Waals surface area contributed by atoms with Crippen molar-refractivity contribution in [3.63, 3.8) is 0 Å². The van der Waals surface area contributed by atoms with Gasteiger partial charge in [0, 0.05) is 34.5 Å². The summed E-state index contributed by atoms with van der Waals surface area (Å²) in [5.74, 6) is 1.65. The molecule has 0 atom stereocenters. The van der Waals surface area contributed by atoms with E-state index in [9.17, 15) is 0 Å². The van der Waals surface area contributed by atoms with Crippen molar-refractivity contribution in [2.75, 3.05) is 14.2 Å². The summed E-state index contributed by atoms with van der Waals surface area (Å²) < 4.78 is 42.6. The standard InChI is InChI=1S/C43H41BF2N2O.C7H8O/c1-42(2,3)32-18-12-28(13-19-32)37-26-36(27-16-22-34(49-7)23-17-27)40(47-37)39-35-11-9-8-10-30(35)24-31-25-38(48(41(31)39)44(45)46)29-14-20-33(21-15-29)43(4,5)6;1-8-7-5-3-2-4-6-7/h8-23,25-26H,24H2,1-7H3;2-6H,1H3/b40-39-;. The second-order valence-electron chi connectivity index (χ2n) is 16.6. The van der Waals surface area contributed by atoms with E-state index in [1.807, 2.05) is 103 Å². The average Bonchev–Trinajstić information content (AvgIpc) is 3.83. The maximum atomic E-state index is 15.5. The van der Waals surface area contributed by atoms with E-state index in [0.29, 0.717) is 23.5 Å². The van der Waals surface area contributed by atoms with Gasteiger partial charge in [-0.25, -0.2) is 4.99 Å². The highest BCUT2D eigenvalue weighted by molar-refractivity contribution is 6.42. The zero-order valence-electron chi connectivity index (χ0n) is 34.0. The summed E-state index contributed by atoms with van der Waals surface area (Å²) in [5, 5.41) is 0. The molecule has 1 aliphatic carbocycles. The van der Waals surface area contributed by atoms with Crippen LogP contribution in [0.3, 0.4) is 0 Å². The molecule has 0 N–H and O–H groups in total. The average molecular weight is 759 g/mol. The van der Waals surface area contributed by atoms with Gasteiger partial charge < -0.3 is 14.0 Å². The Kier molecular flexibility index (Phi) is 11.0. The molecule has 7 heteroatoms. The molecule has 0 bridgehead atoms. The lowest BCUT2D eigenvalue weighted by molar-refractivity contribution is 0.414. The molecule has 0 radical (unpaired) electrons. The Hall–Kier alpha value is -5.95. The number of benzene rings is 5. The molecule has 0 unspecified atom stereocenters. The van der Waals surface area contributed by atoms with Gasteiger partial charge in [-0.3, -0.25) is 8.63 Å². The predicted molar refractivity (Wildman–Crippen MR) is 233 cm³/mol. The van der Waals surface area contributed by atoms with Gasteiger partial charge in [-0.2, -0.15) is 0 Å². The van der Waals surface area contributed by atoms with Crippen LogP contribution in [0, 0.1) is 0 Å². The highest BCUT2D eigenvalue weighted by atomic mass is 19.2. The molecule has 2 aliphatic rings. The van der Waals surface area contributed by atoms with Crippen molar-refractivity contribution in [1.82, 2.24) is 4.48 Å². The fourth-order valence-corrected chi connectivity index (χ4v) is 7.50. The molecule has 1 aromatic heterocycles. The third kappa shape index (κ3) is 8.16. The van der Waals surface area contributed by atoms with E-state index in [2.05, 4.69) is 78.0 Å². The second kappa shape index (κ2) is 15.9. The number of para-hydroxylation sites is 1. The minimum Gasteiger partial charge on any atom is -0.497 e. The molecule has 4 nitrogen and oxygen atoms in total. The minimum absolute atomic E-state index is 0.0148. The number of hydrogen-bond donors (Lipinski definition) is 0. The lowest BCUT2D eigenvalue weighted by Gasteiger charge is -2.24. The van der Waals surface area contributed by atoms with Crippen molar-refractivity contribution >= 4 is 24.3 Å². The van der Waals surface area contributed by atoms with Crippen LogP contribution >= 0.6 is 0 Å². The van der Waals surface area contributed by atoms with Crippen molar-refractivity contribution in [3.05, 3.63) is 190 Å². The molecule has 57 heavy (non-hydrogen) atoms. The van der Waals surface area contributed by atoms with E-state index in [4.69, 9.17) is 14.5 Å². The Bertz CT molecular complexity index is 2460. The van der Waals surface area contributed by atoms with Gasteiger partial charge in [0.2, 0.25) is 0 Å². The largest absolute Gasteiger partial charge is 0.678 e. The molecule has 5 aromatic carbocycles. The number of rotatable bonds is 6. The summed E-state index contributed by atoms with van der Waals surface area (Å²) in [6, 6.07) is 44.2. The number of aliphatic imine (C=N–C) groups is 1. The van der Waals surface area contributed by atoms with Gasteiger partial charge in [-0.05, 0) is 86.2 Å². The number of fused-ring (bicyclic) bond motifs is 2. The van der Waals surface area contributed by atoms with Crippen LogP contribution in [0.25, 0.3) is 22.4 Å². The third-order valence-electron chi connectivity index (χ3n) is 10.7. The van der Waals surface area contributed by atoms with E-state index in [-0.39, 0.29) is 10.8 Å². The summed E-state index contributed by atoms with van der Waals surface area (Å²) >= 11 is 0. The first-order chi connectivity index (χ1) is 27.3. The Morgan fingerprint density at radius 1 is 0.596 bits per heavy atom. The first-order valence-corrected chi connectivity index (χ1v) is 19.4.